The van der Waals surface area contributed by atoms with E-state index in [0.29, 0.717) is 0 Å². The first-order valence-electron chi connectivity index (χ1n) is 5.00. The number of hydrogen-bond acceptors (Lipinski definition) is 0. The molecule has 0 radical (unpaired) electrons. The third kappa shape index (κ3) is 3.45. The summed E-state index contributed by atoms with van der Waals surface area (Å²) in [6.07, 6.45) is 3.00. The molecule has 0 atom stereocenters. The van der Waals surface area contributed by atoms with E-state index in [2.05, 4.69) is 38.6 Å². The minimum absolute atomic E-state index is 1.09. The first kappa shape index (κ1) is 12.0. The van der Waals surface area contributed by atoms with Crippen molar-refractivity contribution in [1.82, 2.24) is 0 Å². The lowest BCUT2D eigenvalue weighted by Gasteiger charge is -2.03. The maximum Gasteiger partial charge on any atom is -0.0230 e. The highest BCUT2D eigenvalue weighted by Crippen LogP contribution is 2.12. The minimum atomic E-state index is 1.09. The lowest BCUT2D eigenvalue weighted by atomic mass is 10.0. The molecule has 13 heavy (non-hydrogen) atoms. The molecule has 0 heteroatoms. The fourth-order valence-corrected chi connectivity index (χ4v) is 1.24. The normalized spacial score (nSPS) is 8.62. The van der Waals surface area contributed by atoms with Gasteiger partial charge in [0.1, 0.15) is 0 Å². The highest BCUT2D eigenvalue weighted by molar-refractivity contribution is 5.52. The van der Waals surface area contributed by atoms with Gasteiger partial charge in [-0.15, -0.1) is 0 Å². The Kier molecular flexibility index (Phi) is 5.96. The number of aryl methyl sites for hydroxylation is 2. The van der Waals surface area contributed by atoms with Crippen molar-refractivity contribution in [3.05, 3.63) is 41.5 Å². The average Bonchev–Trinajstić information content (AvgIpc) is 2.20. The quantitative estimate of drug-likeness (QED) is 0.632. The van der Waals surface area contributed by atoms with Gasteiger partial charge < -0.3 is 0 Å². The summed E-state index contributed by atoms with van der Waals surface area (Å²) in [7, 11) is 0. The predicted octanol–water partition coefficient (Wildman–Crippen LogP) is 4.23. The van der Waals surface area contributed by atoms with Crippen LogP contribution in [-0.4, -0.2) is 0 Å². The molecule has 0 amide bonds. The van der Waals surface area contributed by atoms with Gasteiger partial charge in [0, 0.05) is 0 Å². The molecule has 0 unspecified atom stereocenters. The molecule has 0 heterocycles. The molecule has 0 bridgehead atoms. The second-order valence-electron chi connectivity index (χ2n) is 2.76. The monoisotopic (exact) mass is 176 g/mol. The highest BCUT2D eigenvalue weighted by atomic mass is 14.0. The number of hydrogen-bond donors (Lipinski definition) is 0. The zero-order valence-electron chi connectivity index (χ0n) is 9.22. The Labute approximate surface area is 82.3 Å². The van der Waals surface area contributed by atoms with Gasteiger partial charge in [0.15, 0.2) is 0 Å². The van der Waals surface area contributed by atoms with Gasteiger partial charge in [-0.2, -0.15) is 0 Å². The van der Waals surface area contributed by atoms with Crippen LogP contribution in [0.1, 0.15) is 37.5 Å². The van der Waals surface area contributed by atoms with E-state index < -0.39 is 0 Å². The van der Waals surface area contributed by atoms with Gasteiger partial charge >= 0.3 is 0 Å². The standard InChI is InChI=1S/C11H14.C2H6/c1-4-10-7-6-9(3)8-11(10)5-2;1-2/h4,6-8H,1,5H2,2-3H3;1-2H3. The summed E-state index contributed by atoms with van der Waals surface area (Å²) in [6, 6.07) is 6.47. The van der Waals surface area contributed by atoms with Gasteiger partial charge in [0.25, 0.3) is 0 Å². The van der Waals surface area contributed by atoms with E-state index >= 15 is 0 Å². The molecule has 0 saturated heterocycles. The fraction of sp³-hybridized carbons (Fsp3) is 0.385. The Balaban J connectivity index is 0.000000671. The van der Waals surface area contributed by atoms with Gasteiger partial charge in [-0.1, -0.05) is 57.2 Å². The Hall–Kier alpha value is -1.04. The first-order chi connectivity index (χ1) is 6.27. The first-order valence-corrected chi connectivity index (χ1v) is 5.00. The van der Waals surface area contributed by atoms with Crippen molar-refractivity contribution in [2.75, 3.05) is 0 Å². The molecule has 0 saturated carbocycles. The molecule has 0 nitrogen and oxygen atoms in total. The molecular formula is C13H20. The lowest BCUT2D eigenvalue weighted by Crippen LogP contribution is -1.86. The van der Waals surface area contributed by atoms with Crippen LogP contribution < -0.4 is 0 Å². The molecule has 0 spiro atoms. The smallest absolute Gasteiger partial charge is 0.0230 e. The van der Waals surface area contributed by atoms with Crippen LogP contribution in [0, 0.1) is 6.92 Å². The van der Waals surface area contributed by atoms with E-state index in [1.165, 1.54) is 16.7 Å². The van der Waals surface area contributed by atoms with Gasteiger partial charge in [-0.3, -0.25) is 0 Å². The maximum absolute atomic E-state index is 3.77. The summed E-state index contributed by atoms with van der Waals surface area (Å²) in [5.41, 5.74) is 3.98. The largest absolute Gasteiger partial charge is 0.0985 e. The number of rotatable bonds is 2. The zero-order chi connectivity index (χ0) is 10.3. The van der Waals surface area contributed by atoms with Crippen LogP contribution in [0.4, 0.5) is 0 Å². The van der Waals surface area contributed by atoms with Crippen molar-refractivity contribution in [3.8, 4) is 0 Å². The van der Waals surface area contributed by atoms with Gasteiger partial charge in [0.05, 0.1) is 0 Å². The summed E-state index contributed by atoms with van der Waals surface area (Å²) in [4.78, 5) is 0. The average molecular weight is 176 g/mol. The Morgan fingerprint density at radius 1 is 1.31 bits per heavy atom. The van der Waals surface area contributed by atoms with E-state index in [1.807, 2.05) is 19.9 Å². The summed E-state index contributed by atoms with van der Waals surface area (Å²) in [5, 5.41) is 0. The van der Waals surface area contributed by atoms with Gasteiger partial charge in [-0.25, -0.2) is 0 Å². The maximum atomic E-state index is 3.77. The van der Waals surface area contributed by atoms with Crippen LogP contribution in [0.15, 0.2) is 24.8 Å². The summed E-state index contributed by atoms with van der Waals surface area (Å²) in [5.74, 6) is 0. The summed E-state index contributed by atoms with van der Waals surface area (Å²) in [6.45, 7) is 12.1. The van der Waals surface area contributed by atoms with Crippen molar-refractivity contribution >= 4 is 6.08 Å². The molecule has 0 aromatic heterocycles. The third-order valence-electron chi connectivity index (χ3n) is 1.90. The molecule has 1 rings (SSSR count). The second-order valence-corrected chi connectivity index (χ2v) is 2.76. The molecule has 0 aliphatic rings. The van der Waals surface area contributed by atoms with Crippen LogP contribution in [-0.2, 0) is 6.42 Å². The molecule has 1 aromatic carbocycles. The van der Waals surface area contributed by atoms with E-state index in [-0.39, 0.29) is 0 Å². The van der Waals surface area contributed by atoms with E-state index in [0.717, 1.165) is 6.42 Å². The highest BCUT2D eigenvalue weighted by Gasteiger charge is 1.95. The zero-order valence-corrected chi connectivity index (χ0v) is 9.22. The number of benzene rings is 1. The van der Waals surface area contributed by atoms with Crippen molar-refractivity contribution < 1.29 is 0 Å². The minimum Gasteiger partial charge on any atom is -0.0985 e. The van der Waals surface area contributed by atoms with Gasteiger partial charge in [-0.05, 0) is 24.5 Å². The Bertz CT molecular complexity index is 259. The van der Waals surface area contributed by atoms with Crippen LogP contribution in [0.25, 0.3) is 6.08 Å². The van der Waals surface area contributed by atoms with E-state index in [9.17, 15) is 0 Å². The fourth-order valence-electron chi connectivity index (χ4n) is 1.24. The third-order valence-corrected chi connectivity index (χ3v) is 1.90. The predicted molar refractivity (Wildman–Crippen MR) is 62.0 cm³/mol. The summed E-state index contributed by atoms with van der Waals surface area (Å²) < 4.78 is 0. The topological polar surface area (TPSA) is 0 Å². The molecule has 0 fully saturated rings. The summed E-state index contributed by atoms with van der Waals surface area (Å²) >= 11 is 0. The SMILES string of the molecule is C=Cc1ccc(C)cc1CC.CC. The molecule has 0 aliphatic carbocycles. The Morgan fingerprint density at radius 3 is 2.38 bits per heavy atom. The van der Waals surface area contributed by atoms with Crippen molar-refractivity contribution in [2.45, 2.75) is 34.1 Å². The molecule has 0 aliphatic heterocycles. The van der Waals surface area contributed by atoms with Crippen LogP contribution in [0.3, 0.4) is 0 Å². The Morgan fingerprint density at radius 2 is 1.92 bits per heavy atom. The molecule has 0 N–H and O–H groups in total. The van der Waals surface area contributed by atoms with Crippen molar-refractivity contribution in [1.29, 1.82) is 0 Å². The second kappa shape index (κ2) is 6.47. The van der Waals surface area contributed by atoms with Crippen LogP contribution in [0.5, 0.6) is 0 Å². The molecule has 1 aromatic rings. The molecule has 72 valence electrons. The van der Waals surface area contributed by atoms with Crippen LogP contribution in [0.2, 0.25) is 0 Å². The van der Waals surface area contributed by atoms with E-state index in [1.54, 1.807) is 0 Å². The van der Waals surface area contributed by atoms with Crippen LogP contribution >= 0.6 is 0 Å². The van der Waals surface area contributed by atoms with Crippen molar-refractivity contribution in [2.24, 2.45) is 0 Å². The lowest BCUT2D eigenvalue weighted by molar-refractivity contribution is 1.12. The van der Waals surface area contributed by atoms with Crippen molar-refractivity contribution in [3.63, 3.8) is 0 Å². The van der Waals surface area contributed by atoms with Gasteiger partial charge in [0.2, 0.25) is 0 Å². The van der Waals surface area contributed by atoms with E-state index in [4.69, 9.17) is 0 Å². The molecular weight excluding hydrogens is 156 g/mol.